The van der Waals surface area contributed by atoms with Crippen LogP contribution in [0.2, 0.25) is 0 Å². The van der Waals surface area contributed by atoms with E-state index in [0.29, 0.717) is 18.2 Å². The first kappa shape index (κ1) is 12.2. The van der Waals surface area contributed by atoms with Crippen molar-refractivity contribution in [2.75, 3.05) is 13.1 Å². The first-order valence-electron chi connectivity index (χ1n) is 6.20. The maximum atomic E-state index is 13.4. The number of halogens is 1. The molecule has 1 aromatic rings. The van der Waals surface area contributed by atoms with Crippen molar-refractivity contribution < 1.29 is 9.18 Å². The molecule has 0 heterocycles. The van der Waals surface area contributed by atoms with Crippen molar-refractivity contribution in [2.24, 2.45) is 0 Å². The minimum Gasteiger partial charge on any atom is -0.298 e. The van der Waals surface area contributed by atoms with Crippen molar-refractivity contribution >= 4 is 5.78 Å². The molecular formula is C14H18FNO. The molecule has 17 heavy (non-hydrogen) atoms. The Labute approximate surface area is 101 Å². The average molecular weight is 235 g/mol. The molecular weight excluding hydrogens is 217 g/mol. The molecule has 0 N–H and O–H groups in total. The number of hydrogen-bond donors (Lipinski definition) is 0. The van der Waals surface area contributed by atoms with Crippen LogP contribution in [0.5, 0.6) is 0 Å². The van der Waals surface area contributed by atoms with Crippen LogP contribution < -0.4 is 0 Å². The van der Waals surface area contributed by atoms with E-state index < -0.39 is 0 Å². The van der Waals surface area contributed by atoms with Gasteiger partial charge in [0.25, 0.3) is 0 Å². The van der Waals surface area contributed by atoms with Crippen LogP contribution in [-0.4, -0.2) is 29.8 Å². The maximum absolute atomic E-state index is 13.4. The highest BCUT2D eigenvalue weighted by atomic mass is 19.1. The van der Waals surface area contributed by atoms with Crippen molar-refractivity contribution in [1.29, 1.82) is 0 Å². The molecule has 1 aliphatic rings. The predicted octanol–water partition coefficient (Wildman–Crippen LogP) is 2.42. The van der Waals surface area contributed by atoms with Crippen LogP contribution >= 0.6 is 0 Å². The molecule has 0 amide bonds. The quantitative estimate of drug-likeness (QED) is 0.754. The molecule has 1 aliphatic carbocycles. The molecule has 0 aliphatic heterocycles. The smallest absolute Gasteiger partial charge is 0.151 e. The number of nitrogens with zero attached hydrogens (tertiary/aromatic N) is 1. The normalized spacial score (nSPS) is 15.2. The molecule has 2 rings (SSSR count). The zero-order valence-electron chi connectivity index (χ0n) is 10.2. The maximum Gasteiger partial charge on any atom is 0.151 e. The number of carbonyl (C=O) groups excluding carboxylic acids is 1. The Hall–Kier alpha value is -1.22. The highest BCUT2D eigenvalue weighted by Crippen LogP contribution is 2.26. The summed E-state index contributed by atoms with van der Waals surface area (Å²) in [7, 11) is 0. The largest absolute Gasteiger partial charge is 0.298 e. The van der Waals surface area contributed by atoms with E-state index in [1.165, 1.54) is 18.9 Å². The Balaban J connectivity index is 1.90. The lowest BCUT2D eigenvalue weighted by Crippen LogP contribution is -2.32. The van der Waals surface area contributed by atoms with Gasteiger partial charge < -0.3 is 0 Å². The lowest BCUT2D eigenvalue weighted by molar-refractivity contribution is -0.119. The monoisotopic (exact) mass is 235 g/mol. The van der Waals surface area contributed by atoms with Crippen LogP contribution in [0.4, 0.5) is 4.39 Å². The van der Waals surface area contributed by atoms with Gasteiger partial charge in [0.2, 0.25) is 0 Å². The molecule has 0 saturated heterocycles. The van der Waals surface area contributed by atoms with E-state index in [-0.39, 0.29) is 18.0 Å². The number of rotatable bonds is 6. The highest BCUT2D eigenvalue weighted by molar-refractivity contribution is 5.82. The zero-order valence-corrected chi connectivity index (χ0v) is 10.2. The van der Waals surface area contributed by atoms with E-state index in [1.54, 1.807) is 18.2 Å². The molecule has 0 spiro atoms. The molecule has 0 unspecified atom stereocenters. The zero-order chi connectivity index (χ0) is 12.3. The number of likely N-dealkylation sites (N-methyl/N-ethyl adjacent to an activating group) is 1. The summed E-state index contributed by atoms with van der Waals surface area (Å²) in [6.45, 7) is 3.41. The lowest BCUT2D eigenvalue weighted by atomic mass is 10.1. The van der Waals surface area contributed by atoms with Crippen LogP contribution in [-0.2, 0) is 11.2 Å². The van der Waals surface area contributed by atoms with Crippen molar-refractivity contribution in [2.45, 2.75) is 32.2 Å². The molecule has 3 heteroatoms. The summed E-state index contributed by atoms with van der Waals surface area (Å²) in [4.78, 5) is 14.0. The van der Waals surface area contributed by atoms with Crippen LogP contribution in [0.25, 0.3) is 0 Å². The van der Waals surface area contributed by atoms with Crippen LogP contribution in [0, 0.1) is 5.82 Å². The third-order valence-electron chi connectivity index (χ3n) is 3.19. The Morgan fingerprint density at radius 3 is 2.71 bits per heavy atom. The second kappa shape index (κ2) is 5.41. The summed E-state index contributed by atoms with van der Waals surface area (Å²) in [6.07, 6.45) is 2.59. The molecule has 92 valence electrons. The predicted molar refractivity (Wildman–Crippen MR) is 65.4 cm³/mol. The van der Waals surface area contributed by atoms with Crippen molar-refractivity contribution in [3.8, 4) is 0 Å². The molecule has 0 bridgehead atoms. The van der Waals surface area contributed by atoms with Gasteiger partial charge in [-0.05, 0) is 31.0 Å². The van der Waals surface area contributed by atoms with Gasteiger partial charge in [0.15, 0.2) is 5.78 Å². The van der Waals surface area contributed by atoms with Gasteiger partial charge in [0, 0.05) is 12.5 Å². The summed E-state index contributed by atoms with van der Waals surface area (Å²) in [5.41, 5.74) is 0.504. The molecule has 1 fully saturated rings. The van der Waals surface area contributed by atoms with E-state index in [0.717, 1.165) is 6.54 Å². The second-order valence-corrected chi connectivity index (χ2v) is 4.60. The average Bonchev–Trinajstić information content (AvgIpc) is 3.13. The van der Waals surface area contributed by atoms with Gasteiger partial charge in [-0.1, -0.05) is 25.1 Å². The van der Waals surface area contributed by atoms with E-state index in [9.17, 15) is 9.18 Å². The first-order valence-corrected chi connectivity index (χ1v) is 6.20. The van der Waals surface area contributed by atoms with Gasteiger partial charge in [-0.15, -0.1) is 0 Å². The Morgan fingerprint density at radius 1 is 1.41 bits per heavy atom. The second-order valence-electron chi connectivity index (χ2n) is 4.60. The van der Waals surface area contributed by atoms with Gasteiger partial charge in [-0.2, -0.15) is 0 Å². The van der Waals surface area contributed by atoms with Crippen LogP contribution in [0.15, 0.2) is 24.3 Å². The van der Waals surface area contributed by atoms with E-state index >= 15 is 0 Å². The number of benzene rings is 1. The van der Waals surface area contributed by atoms with Gasteiger partial charge in [0.05, 0.1) is 6.54 Å². The summed E-state index contributed by atoms with van der Waals surface area (Å²) in [5.74, 6) is -0.181. The first-order chi connectivity index (χ1) is 8.20. The van der Waals surface area contributed by atoms with E-state index in [4.69, 9.17) is 0 Å². The number of ketones is 1. The van der Waals surface area contributed by atoms with E-state index in [2.05, 4.69) is 11.8 Å². The minimum atomic E-state index is -0.282. The third-order valence-corrected chi connectivity index (χ3v) is 3.19. The number of Topliss-reactive ketones (excluding diaryl/α,β-unsaturated/α-hetero) is 1. The highest BCUT2D eigenvalue weighted by Gasteiger charge is 2.28. The van der Waals surface area contributed by atoms with E-state index in [1.807, 2.05) is 0 Å². The molecule has 0 radical (unpaired) electrons. The number of hydrogen-bond acceptors (Lipinski definition) is 2. The molecule has 0 aromatic heterocycles. The summed E-state index contributed by atoms with van der Waals surface area (Å²) >= 11 is 0. The van der Waals surface area contributed by atoms with Crippen LogP contribution in [0.1, 0.15) is 25.3 Å². The minimum absolute atomic E-state index is 0.101. The molecule has 1 saturated carbocycles. The van der Waals surface area contributed by atoms with Gasteiger partial charge >= 0.3 is 0 Å². The van der Waals surface area contributed by atoms with Gasteiger partial charge in [0.1, 0.15) is 5.82 Å². The fraction of sp³-hybridized carbons (Fsp3) is 0.500. The Bertz CT molecular complexity index is 401. The SMILES string of the molecule is CCN(CC(=O)Cc1ccccc1F)C1CC1. The standard InChI is InChI=1S/C14H18FNO/c1-2-16(12-7-8-12)10-13(17)9-11-5-3-4-6-14(11)15/h3-6,12H,2,7-10H2,1H3. The Kier molecular flexibility index (Phi) is 3.89. The van der Waals surface area contributed by atoms with Gasteiger partial charge in [-0.3, -0.25) is 9.69 Å². The third kappa shape index (κ3) is 3.37. The molecule has 1 aromatic carbocycles. The van der Waals surface area contributed by atoms with Gasteiger partial charge in [-0.25, -0.2) is 4.39 Å². The van der Waals surface area contributed by atoms with Crippen LogP contribution in [0.3, 0.4) is 0 Å². The fourth-order valence-corrected chi connectivity index (χ4v) is 2.08. The van der Waals surface area contributed by atoms with Crippen molar-refractivity contribution in [3.05, 3.63) is 35.6 Å². The summed E-state index contributed by atoms with van der Waals surface area (Å²) < 4.78 is 13.4. The van der Waals surface area contributed by atoms with Crippen molar-refractivity contribution in [1.82, 2.24) is 4.90 Å². The lowest BCUT2D eigenvalue weighted by Gasteiger charge is -2.18. The molecule has 0 atom stereocenters. The van der Waals surface area contributed by atoms with Crippen molar-refractivity contribution in [3.63, 3.8) is 0 Å². The topological polar surface area (TPSA) is 20.3 Å². The Morgan fingerprint density at radius 2 is 2.12 bits per heavy atom. The summed E-state index contributed by atoms with van der Waals surface area (Å²) in [6, 6.07) is 7.09. The summed E-state index contributed by atoms with van der Waals surface area (Å²) in [5, 5.41) is 0. The molecule has 2 nitrogen and oxygen atoms in total. The fourth-order valence-electron chi connectivity index (χ4n) is 2.08. The number of carbonyl (C=O) groups is 1.